The van der Waals surface area contributed by atoms with Crippen LogP contribution in [0.1, 0.15) is 12.0 Å². The quantitative estimate of drug-likeness (QED) is 0.395. The first-order valence-corrected chi connectivity index (χ1v) is 7.43. The van der Waals surface area contributed by atoms with E-state index in [1.54, 1.807) is 19.1 Å². The molecule has 0 atom stereocenters. The molecule has 0 saturated carbocycles. The summed E-state index contributed by atoms with van der Waals surface area (Å²) in [6, 6.07) is 12.8. The van der Waals surface area contributed by atoms with Crippen LogP contribution in [0.25, 0.3) is 11.0 Å². The van der Waals surface area contributed by atoms with Gasteiger partial charge in [0, 0.05) is 18.2 Å². The van der Waals surface area contributed by atoms with Crippen molar-refractivity contribution in [2.75, 3.05) is 6.61 Å². The van der Waals surface area contributed by atoms with Crippen molar-refractivity contribution in [1.29, 1.82) is 0 Å². The molecule has 2 aromatic carbocycles. The van der Waals surface area contributed by atoms with E-state index in [0.717, 1.165) is 24.0 Å². The summed E-state index contributed by atoms with van der Waals surface area (Å²) in [5, 5.41) is 10.8. The van der Waals surface area contributed by atoms with Gasteiger partial charge in [-0.05, 0) is 37.6 Å². The number of nitro benzene ring substituents is 1. The zero-order valence-electron chi connectivity index (χ0n) is 12.8. The number of aryl methyl sites for hydroxylation is 2. The molecule has 0 aliphatic rings. The number of hydrogen-bond donors (Lipinski definition) is 0. The standard InChI is InChI=1S/C17H17N3O3/c1-13-11-14(7-8-16(13)20(21)22)23-10-4-9-19-12-18-15-5-2-3-6-17(15)19/h2-3,5-8,11-12H,4,9-10H2,1H3. The van der Waals surface area contributed by atoms with Crippen LogP contribution in [0.15, 0.2) is 48.8 Å². The number of hydrogen-bond acceptors (Lipinski definition) is 4. The summed E-state index contributed by atoms with van der Waals surface area (Å²) in [5.41, 5.74) is 2.81. The molecule has 0 fully saturated rings. The lowest BCUT2D eigenvalue weighted by Crippen LogP contribution is -2.04. The van der Waals surface area contributed by atoms with Crippen LogP contribution in [0.5, 0.6) is 5.75 Å². The molecule has 6 nitrogen and oxygen atoms in total. The number of para-hydroxylation sites is 2. The Morgan fingerprint density at radius 3 is 2.87 bits per heavy atom. The molecule has 3 rings (SSSR count). The largest absolute Gasteiger partial charge is 0.494 e. The Bertz CT molecular complexity index is 842. The number of nitrogens with zero attached hydrogens (tertiary/aromatic N) is 3. The maximum absolute atomic E-state index is 10.8. The van der Waals surface area contributed by atoms with Gasteiger partial charge < -0.3 is 9.30 Å². The number of fused-ring (bicyclic) bond motifs is 1. The molecule has 0 saturated heterocycles. The highest BCUT2D eigenvalue weighted by molar-refractivity contribution is 5.74. The van der Waals surface area contributed by atoms with Crippen molar-refractivity contribution in [1.82, 2.24) is 9.55 Å². The van der Waals surface area contributed by atoms with Crippen LogP contribution >= 0.6 is 0 Å². The van der Waals surface area contributed by atoms with Crippen LogP contribution in [0.2, 0.25) is 0 Å². The summed E-state index contributed by atoms with van der Waals surface area (Å²) in [6.45, 7) is 3.07. The Labute approximate surface area is 133 Å². The Morgan fingerprint density at radius 2 is 2.09 bits per heavy atom. The Balaban J connectivity index is 1.56. The monoisotopic (exact) mass is 311 g/mol. The third kappa shape index (κ3) is 3.31. The molecule has 0 radical (unpaired) electrons. The maximum atomic E-state index is 10.8. The van der Waals surface area contributed by atoms with Gasteiger partial charge in [-0.3, -0.25) is 10.1 Å². The van der Waals surface area contributed by atoms with Crippen LogP contribution in [0.3, 0.4) is 0 Å². The molecule has 0 unspecified atom stereocenters. The summed E-state index contributed by atoms with van der Waals surface area (Å²) >= 11 is 0. The SMILES string of the molecule is Cc1cc(OCCCn2cnc3ccccc32)ccc1[N+](=O)[O-]. The first-order valence-electron chi connectivity index (χ1n) is 7.43. The smallest absolute Gasteiger partial charge is 0.272 e. The topological polar surface area (TPSA) is 70.2 Å². The molecule has 6 heteroatoms. The molecular formula is C17H17N3O3. The molecule has 3 aromatic rings. The lowest BCUT2D eigenvalue weighted by Gasteiger charge is -2.08. The van der Waals surface area contributed by atoms with Gasteiger partial charge in [0.25, 0.3) is 5.69 Å². The van der Waals surface area contributed by atoms with E-state index >= 15 is 0 Å². The zero-order valence-corrected chi connectivity index (χ0v) is 12.8. The van der Waals surface area contributed by atoms with E-state index in [1.807, 2.05) is 30.6 Å². The van der Waals surface area contributed by atoms with E-state index in [0.29, 0.717) is 17.9 Å². The normalized spacial score (nSPS) is 10.8. The second kappa shape index (κ2) is 6.48. The molecular weight excluding hydrogens is 294 g/mol. The number of rotatable bonds is 6. The average Bonchev–Trinajstić information content (AvgIpc) is 2.94. The van der Waals surface area contributed by atoms with E-state index in [9.17, 15) is 10.1 Å². The van der Waals surface area contributed by atoms with Crippen molar-refractivity contribution < 1.29 is 9.66 Å². The summed E-state index contributed by atoms with van der Waals surface area (Å²) in [7, 11) is 0. The van der Waals surface area contributed by atoms with Gasteiger partial charge in [0.1, 0.15) is 5.75 Å². The predicted octanol–water partition coefficient (Wildman–Crippen LogP) is 3.72. The van der Waals surface area contributed by atoms with Crippen LogP contribution in [0, 0.1) is 17.0 Å². The van der Waals surface area contributed by atoms with Gasteiger partial charge in [-0.1, -0.05) is 12.1 Å². The third-order valence-electron chi connectivity index (χ3n) is 3.70. The van der Waals surface area contributed by atoms with Crippen molar-refractivity contribution in [3.63, 3.8) is 0 Å². The van der Waals surface area contributed by atoms with Gasteiger partial charge >= 0.3 is 0 Å². The maximum Gasteiger partial charge on any atom is 0.272 e. The average molecular weight is 311 g/mol. The molecule has 0 aliphatic heterocycles. The molecule has 0 aliphatic carbocycles. The molecule has 0 bridgehead atoms. The summed E-state index contributed by atoms with van der Waals surface area (Å²) in [6.07, 6.45) is 2.66. The van der Waals surface area contributed by atoms with Gasteiger partial charge in [0.2, 0.25) is 0 Å². The number of aromatic nitrogens is 2. The number of benzene rings is 2. The molecule has 1 heterocycles. The first kappa shape index (κ1) is 15.0. The molecule has 0 spiro atoms. The first-order chi connectivity index (χ1) is 11.1. The zero-order chi connectivity index (χ0) is 16.2. The van der Waals surface area contributed by atoms with Gasteiger partial charge in [-0.2, -0.15) is 0 Å². The van der Waals surface area contributed by atoms with Crippen molar-refractivity contribution in [3.05, 3.63) is 64.5 Å². The van der Waals surface area contributed by atoms with Gasteiger partial charge in [0.05, 0.1) is 28.9 Å². The Morgan fingerprint density at radius 1 is 1.26 bits per heavy atom. The Hall–Kier alpha value is -2.89. The van der Waals surface area contributed by atoms with Gasteiger partial charge in [-0.15, -0.1) is 0 Å². The second-order valence-corrected chi connectivity index (χ2v) is 5.33. The summed E-state index contributed by atoms with van der Waals surface area (Å²) in [4.78, 5) is 14.8. The minimum absolute atomic E-state index is 0.113. The summed E-state index contributed by atoms with van der Waals surface area (Å²) < 4.78 is 7.77. The van der Waals surface area contributed by atoms with E-state index in [4.69, 9.17) is 4.74 Å². The van der Waals surface area contributed by atoms with Gasteiger partial charge in [0.15, 0.2) is 0 Å². The van der Waals surface area contributed by atoms with Crippen LogP contribution in [0.4, 0.5) is 5.69 Å². The minimum atomic E-state index is -0.386. The van der Waals surface area contributed by atoms with Crippen LogP contribution in [-0.2, 0) is 6.54 Å². The van der Waals surface area contributed by atoms with E-state index < -0.39 is 0 Å². The fourth-order valence-corrected chi connectivity index (χ4v) is 2.54. The van der Waals surface area contributed by atoms with Crippen molar-refractivity contribution in [2.45, 2.75) is 19.9 Å². The minimum Gasteiger partial charge on any atom is -0.494 e. The van der Waals surface area contributed by atoms with Crippen molar-refractivity contribution in [2.24, 2.45) is 0 Å². The fraction of sp³-hybridized carbons (Fsp3) is 0.235. The number of ether oxygens (including phenoxy) is 1. The van der Waals surface area contributed by atoms with Crippen LogP contribution < -0.4 is 4.74 Å². The fourth-order valence-electron chi connectivity index (χ4n) is 2.54. The molecule has 1 aromatic heterocycles. The predicted molar refractivity (Wildman–Crippen MR) is 87.7 cm³/mol. The highest BCUT2D eigenvalue weighted by Gasteiger charge is 2.10. The van der Waals surface area contributed by atoms with E-state index in [1.165, 1.54) is 6.07 Å². The Kier molecular flexibility index (Phi) is 4.23. The summed E-state index contributed by atoms with van der Waals surface area (Å²) in [5.74, 6) is 0.656. The molecule has 23 heavy (non-hydrogen) atoms. The van der Waals surface area contributed by atoms with Crippen LogP contribution in [-0.4, -0.2) is 21.1 Å². The van der Waals surface area contributed by atoms with Crippen molar-refractivity contribution in [3.8, 4) is 5.75 Å². The highest BCUT2D eigenvalue weighted by Crippen LogP contribution is 2.23. The highest BCUT2D eigenvalue weighted by atomic mass is 16.6. The molecule has 0 N–H and O–H groups in total. The number of nitro groups is 1. The molecule has 118 valence electrons. The lowest BCUT2D eigenvalue weighted by molar-refractivity contribution is -0.385. The second-order valence-electron chi connectivity index (χ2n) is 5.33. The van der Waals surface area contributed by atoms with E-state index in [-0.39, 0.29) is 10.6 Å². The van der Waals surface area contributed by atoms with Crippen molar-refractivity contribution >= 4 is 16.7 Å². The number of imidazole rings is 1. The van der Waals surface area contributed by atoms with Gasteiger partial charge in [-0.25, -0.2) is 4.98 Å². The third-order valence-corrected chi connectivity index (χ3v) is 3.70. The van der Waals surface area contributed by atoms with E-state index in [2.05, 4.69) is 9.55 Å². The molecule has 0 amide bonds. The lowest BCUT2D eigenvalue weighted by atomic mass is 10.2.